The zero-order valence-electron chi connectivity index (χ0n) is 27.1. The van der Waals surface area contributed by atoms with E-state index in [9.17, 15) is 29.8 Å². The van der Waals surface area contributed by atoms with E-state index in [1.54, 1.807) is 18.2 Å². The number of nitro groups is 1. The van der Waals surface area contributed by atoms with Gasteiger partial charge in [-0.15, -0.1) is 0 Å². The Hall–Kier alpha value is -5.52. The van der Waals surface area contributed by atoms with Gasteiger partial charge in [-0.05, 0) is 89.7 Å². The van der Waals surface area contributed by atoms with Crippen molar-refractivity contribution >= 4 is 42.0 Å². The lowest BCUT2D eigenvalue weighted by atomic mass is 9.58. The van der Waals surface area contributed by atoms with Gasteiger partial charge in [0.15, 0.2) is 0 Å². The van der Waals surface area contributed by atoms with Gasteiger partial charge in [0.05, 0.1) is 28.6 Å². The fourth-order valence-corrected chi connectivity index (χ4v) is 7.64. The lowest BCUT2D eigenvalue weighted by molar-refractivity contribution is -0.384. The van der Waals surface area contributed by atoms with Gasteiger partial charge in [0, 0.05) is 12.1 Å². The van der Waals surface area contributed by atoms with Crippen LogP contribution in [0.15, 0.2) is 120 Å². The second-order valence-electron chi connectivity index (χ2n) is 12.9. The van der Waals surface area contributed by atoms with Gasteiger partial charge in [0.25, 0.3) is 5.69 Å². The molecule has 4 aromatic carbocycles. The first-order chi connectivity index (χ1) is 24.3. The van der Waals surface area contributed by atoms with E-state index in [1.807, 2.05) is 72.8 Å². The molecule has 252 valence electrons. The second-order valence-corrected chi connectivity index (χ2v) is 12.9. The van der Waals surface area contributed by atoms with E-state index in [0.29, 0.717) is 18.6 Å². The predicted molar refractivity (Wildman–Crippen MR) is 189 cm³/mol. The Balaban J connectivity index is 1.24. The number of hydrogen-bond donors (Lipinski definition) is 2. The lowest BCUT2D eigenvalue weighted by Crippen LogP contribution is -2.46. The van der Waals surface area contributed by atoms with Gasteiger partial charge < -0.3 is 19.5 Å². The largest absolute Gasteiger partial charge is 0.508 e. The van der Waals surface area contributed by atoms with Crippen LogP contribution in [-0.4, -0.2) is 46.7 Å². The summed E-state index contributed by atoms with van der Waals surface area (Å²) in [5.74, 6) is -2.04. The van der Waals surface area contributed by atoms with Crippen LogP contribution < -0.4 is 9.64 Å². The molecule has 2 amide bonds. The van der Waals surface area contributed by atoms with E-state index in [2.05, 4.69) is 0 Å². The number of carbonyl (C=O) groups excluding carboxylic acids is 2. The van der Waals surface area contributed by atoms with Crippen LogP contribution >= 0.6 is 0 Å². The van der Waals surface area contributed by atoms with Gasteiger partial charge in [0.2, 0.25) is 11.8 Å². The number of nitrogens with zero attached hydrogens (tertiary/aromatic N) is 2. The van der Waals surface area contributed by atoms with Crippen LogP contribution in [-0.2, 0) is 14.2 Å². The Morgan fingerprint density at radius 1 is 0.940 bits per heavy atom. The van der Waals surface area contributed by atoms with Crippen LogP contribution in [0.25, 0.3) is 11.6 Å². The fraction of sp³-hybridized carbons (Fsp3) is 0.231. The predicted octanol–water partition coefficient (Wildman–Crippen LogP) is 6.70. The van der Waals surface area contributed by atoms with Crippen LogP contribution in [0, 0.1) is 27.9 Å². The smallest absolute Gasteiger partial charge is 0.455 e. The van der Waals surface area contributed by atoms with Crippen molar-refractivity contribution in [3.63, 3.8) is 0 Å². The molecule has 0 aromatic heterocycles. The van der Waals surface area contributed by atoms with E-state index < -0.39 is 47.7 Å². The number of rotatable bonds is 10. The van der Waals surface area contributed by atoms with Crippen molar-refractivity contribution in [3.8, 4) is 11.5 Å². The minimum atomic E-state index is -1.17. The van der Waals surface area contributed by atoms with E-state index in [1.165, 1.54) is 24.3 Å². The highest BCUT2D eigenvalue weighted by atomic mass is 16.6. The molecular formula is C39H35BN2O8. The highest BCUT2D eigenvalue weighted by Gasteiger charge is 2.57. The molecule has 11 heteroatoms. The maximum atomic E-state index is 14.2. The molecule has 10 nitrogen and oxygen atoms in total. The number of benzene rings is 4. The summed E-state index contributed by atoms with van der Waals surface area (Å²) in [4.78, 5) is 40.3. The summed E-state index contributed by atoms with van der Waals surface area (Å²) in [6.07, 6.45) is 2.82. The zero-order valence-corrected chi connectivity index (χ0v) is 27.1. The number of hydrogen-bond acceptors (Lipinski definition) is 8. The maximum absolute atomic E-state index is 14.2. The molecule has 0 radical (unpaired) electrons. The first-order valence-electron chi connectivity index (χ1n) is 16.7. The van der Waals surface area contributed by atoms with E-state index in [0.717, 1.165) is 32.7 Å². The summed E-state index contributed by atoms with van der Waals surface area (Å²) in [5, 5.41) is 32.8. The number of allylic oxidation sites excluding steroid dienone is 1. The number of amides is 2. The van der Waals surface area contributed by atoms with Gasteiger partial charge in [-0.25, -0.2) is 4.90 Å². The van der Waals surface area contributed by atoms with Crippen LogP contribution in [0.2, 0.25) is 6.32 Å². The third-order valence-electron chi connectivity index (χ3n) is 9.79. The molecule has 7 rings (SSSR count). The Kier molecular flexibility index (Phi) is 9.34. The van der Waals surface area contributed by atoms with E-state index >= 15 is 0 Å². The maximum Gasteiger partial charge on any atom is 0.455 e. The molecule has 0 spiro atoms. The Morgan fingerprint density at radius 3 is 2.42 bits per heavy atom. The summed E-state index contributed by atoms with van der Waals surface area (Å²) in [6.45, 7) is 0.165. The number of carbonyl (C=O) groups is 2. The van der Waals surface area contributed by atoms with Crippen LogP contribution in [0.3, 0.4) is 0 Å². The van der Waals surface area contributed by atoms with Gasteiger partial charge in [-0.2, -0.15) is 0 Å². The first-order valence-corrected chi connectivity index (χ1v) is 16.7. The topological polar surface area (TPSA) is 139 Å². The second kappa shape index (κ2) is 14.1. The van der Waals surface area contributed by atoms with Crippen molar-refractivity contribution in [2.24, 2.45) is 17.8 Å². The standard InChI is InChI=1S/C39H35BN2O8/c43-31-14-7-9-25(20-31)19-27(26-10-3-1-4-11-26)17-18-35-36-28(24-49-32-15-5-2-6-16-32)21-33-37(34(36)23-40(46)50-35)39(45)41(38(33)44)29-12-8-13-30(22-29)42(47)48/h1-16,19-20,22,33-35,37,43,46H,17-18,21,23-24H2/b27-19-/t33-,34+,35-,37-/m1/s1. The Labute approximate surface area is 289 Å². The Bertz CT molecular complexity index is 1980. The number of anilines is 1. The number of aromatic hydroxyl groups is 1. The van der Waals surface area contributed by atoms with Crippen molar-refractivity contribution in [3.05, 3.63) is 142 Å². The fourth-order valence-electron chi connectivity index (χ4n) is 7.64. The summed E-state index contributed by atoms with van der Waals surface area (Å²) in [5.41, 5.74) is 4.47. The van der Waals surface area contributed by atoms with Crippen molar-refractivity contribution in [2.75, 3.05) is 11.5 Å². The van der Waals surface area contributed by atoms with Crippen molar-refractivity contribution in [1.82, 2.24) is 0 Å². The monoisotopic (exact) mass is 670 g/mol. The first kappa shape index (κ1) is 33.0. The third-order valence-corrected chi connectivity index (χ3v) is 9.79. The molecule has 4 aromatic rings. The molecule has 2 heterocycles. The van der Waals surface area contributed by atoms with Crippen molar-refractivity contribution in [2.45, 2.75) is 31.7 Å². The molecule has 2 aliphatic heterocycles. The molecule has 1 aliphatic carbocycles. The van der Waals surface area contributed by atoms with Gasteiger partial charge in [-0.1, -0.05) is 72.8 Å². The number of para-hydroxylation sites is 1. The minimum Gasteiger partial charge on any atom is -0.508 e. The molecule has 2 N–H and O–H groups in total. The summed E-state index contributed by atoms with van der Waals surface area (Å²) >= 11 is 0. The molecule has 3 aliphatic rings. The highest BCUT2D eigenvalue weighted by molar-refractivity contribution is 6.43. The van der Waals surface area contributed by atoms with Crippen molar-refractivity contribution in [1.29, 1.82) is 0 Å². The third kappa shape index (κ3) is 6.70. The molecule has 4 atom stereocenters. The van der Waals surface area contributed by atoms with Gasteiger partial charge >= 0.3 is 7.12 Å². The Morgan fingerprint density at radius 2 is 1.68 bits per heavy atom. The number of nitro benzene ring substituents is 1. The quantitative estimate of drug-likeness (QED) is 0.0475. The summed E-state index contributed by atoms with van der Waals surface area (Å²) in [7, 11) is -1.17. The number of phenols is 1. The zero-order chi connectivity index (χ0) is 34.8. The van der Waals surface area contributed by atoms with E-state index in [-0.39, 0.29) is 36.5 Å². The normalized spacial score (nSPS) is 22.0. The molecule has 2 fully saturated rings. The molecule has 50 heavy (non-hydrogen) atoms. The number of imide groups is 1. The highest BCUT2D eigenvalue weighted by Crippen LogP contribution is 2.51. The summed E-state index contributed by atoms with van der Waals surface area (Å²) < 4.78 is 12.5. The number of ether oxygens (including phenoxy) is 1. The molecule has 0 unspecified atom stereocenters. The van der Waals surface area contributed by atoms with E-state index in [4.69, 9.17) is 9.39 Å². The average Bonchev–Trinajstić information content (AvgIpc) is 3.38. The van der Waals surface area contributed by atoms with Crippen molar-refractivity contribution < 1.29 is 34.0 Å². The van der Waals surface area contributed by atoms with Gasteiger partial charge in [0.1, 0.15) is 18.1 Å². The van der Waals surface area contributed by atoms with Gasteiger partial charge in [-0.3, -0.25) is 19.7 Å². The SMILES string of the molecule is O=C1[C@@H]2[C@@H](CC(COc3ccccc3)=C3[C@@H](CC/C(=C/c4cccc(O)c4)c4ccccc4)OB(O)C[C@@H]32)C(=O)N1c1cccc([N+](=O)[O-])c1. The van der Waals surface area contributed by atoms with Crippen LogP contribution in [0.5, 0.6) is 11.5 Å². The average molecular weight is 671 g/mol. The number of non-ortho nitro benzene ring substituents is 1. The molecule has 0 bridgehead atoms. The van der Waals surface area contributed by atoms with Crippen LogP contribution in [0.1, 0.15) is 30.4 Å². The number of phenolic OH excluding ortho intramolecular Hbond substituents is 1. The van der Waals surface area contributed by atoms with Crippen LogP contribution in [0.4, 0.5) is 11.4 Å². The molecule has 2 saturated heterocycles. The summed E-state index contributed by atoms with van der Waals surface area (Å²) in [6, 6.07) is 31.8. The number of fused-ring (bicyclic) bond motifs is 3. The minimum absolute atomic E-state index is 0.119. The lowest BCUT2D eigenvalue weighted by Gasteiger charge is -2.43. The molecule has 0 saturated carbocycles. The molecular weight excluding hydrogens is 635 g/mol.